The van der Waals surface area contributed by atoms with Gasteiger partial charge in [-0.1, -0.05) is 23.2 Å². The third-order valence-electron chi connectivity index (χ3n) is 5.65. The van der Waals surface area contributed by atoms with Crippen molar-refractivity contribution in [1.29, 1.82) is 0 Å². The highest BCUT2D eigenvalue weighted by Gasteiger charge is 2.73. The Morgan fingerprint density at radius 1 is 1.17 bits per heavy atom. The summed E-state index contributed by atoms with van der Waals surface area (Å²) in [5.74, 6) is -1.65. The number of benzene rings is 1. The van der Waals surface area contributed by atoms with E-state index in [2.05, 4.69) is 0 Å². The largest absolute Gasteiger partial charge is 0.396 e. The Morgan fingerprint density at radius 3 is 2.42 bits per heavy atom. The van der Waals surface area contributed by atoms with Crippen LogP contribution in [-0.4, -0.2) is 34.7 Å². The van der Waals surface area contributed by atoms with Crippen LogP contribution in [0.5, 0.6) is 0 Å². The van der Waals surface area contributed by atoms with Crippen molar-refractivity contribution < 1.29 is 19.4 Å². The highest BCUT2D eigenvalue weighted by Crippen LogP contribution is 2.62. The zero-order chi connectivity index (χ0) is 17.3. The van der Waals surface area contributed by atoms with Crippen molar-refractivity contribution in [3.05, 3.63) is 28.2 Å². The van der Waals surface area contributed by atoms with Crippen LogP contribution in [0.15, 0.2) is 18.2 Å². The predicted molar refractivity (Wildman–Crippen MR) is 89.1 cm³/mol. The Morgan fingerprint density at radius 2 is 1.79 bits per heavy atom. The molecule has 128 valence electrons. The van der Waals surface area contributed by atoms with Crippen LogP contribution in [0, 0.1) is 11.8 Å². The Labute approximate surface area is 149 Å². The van der Waals surface area contributed by atoms with E-state index in [1.54, 1.807) is 18.2 Å². The zero-order valence-corrected chi connectivity index (χ0v) is 14.6. The van der Waals surface area contributed by atoms with Crippen LogP contribution in [0.2, 0.25) is 10.0 Å². The number of ether oxygens (including phenoxy) is 1. The molecule has 5 nitrogen and oxygen atoms in total. The number of amides is 2. The van der Waals surface area contributed by atoms with Crippen molar-refractivity contribution >= 4 is 40.7 Å². The fourth-order valence-corrected chi connectivity index (χ4v) is 5.24. The molecule has 3 heterocycles. The fraction of sp³-hybridized carbons (Fsp3) is 0.529. The van der Waals surface area contributed by atoms with Gasteiger partial charge in [0.1, 0.15) is 0 Å². The molecule has 0 saturated carbocycles. The predicted octanol–water partition coefficient (Wildman–Crippen LogP) is 2.80. The number of carbonyl (C=O) groups is 2. The summed E-state index contributed by atoms with van der Waals surface area (Å²) in [5, 5.41) is 10.2. The molecule has 0 aromatic heterocycles. The summed E-state index contributed by atoms with van der Waals surface area (Å²) in [4.78, 5) is 27.3. The molecule has 2 bridgehead atoms. The normalized spacial score (nSPS) is 37.4. The minimum Gasteiger partial charge on any atom is -0.396 e. The highest BCUT2D eigenvalue weighted by atomic mass is 35.5. The molecule has 3 aliphatic heterocycles. The Bertz CT molecular complexity index is 730. The van der Waals surface area contributed by atoms with Crippen molar-refractivity contribution in [2.24, 2.45) is 11.8 Å². The van der Waals surface area contributed by atoms with E-state index in [1.165, 1.54) is 4.90 Å². The number of aliphatic hydroxyl groups is 1. The second kappa shape index (κ2) is 5.18. The molecule has 2 amide bonds. The number of hydrogen-bond donors (Lipinski definition) is 1. The summed E-state index contributed by atoms with van der Waals surface area (Å²) in [6, 6.07) is 4.68. The van der Waals surface area contributed by atoms with Gasteiger partial charge < -0.3 is 9.84 Å². The number of halogens is 2. The third-order valence-corrected chi connectivity index (χ3v) is 6.09. The van der Waals surface area contributed by atoms with E-state index >= 15 is 0 Å². The number of carbonyl (C=O) groups excluding carboxylic acids is 2. The van der Waals surface area contributed by atoms with Crippen LogP contribution in [0.1, 0.15) is 26.2 Å². The SMILES string of the molecule is CC12CCC(CCO)(O1)C1C(=O)N(c3cc(Cl)cc(Cl)c3)C(=O)C12. The molecule has 24 heavy (non-hydrogen) atoms. The van der Waals surface area contributed by atoms with Gasteiger partial charge in [-0.05, 0) is 38.0 Å². The number of nitrogens with zero attached hydrogens (tertiary/aromatic N) is 1. The maximum Gasteiger partial charge on any atom is 0.240 e. The molecule has 4 unspecified atom stereocenters. The van der Waals surface area contributed by atoms with Crippen LogP contribution in [-0.2, 0) is 14.3 Å². The maximum atomic E-state index is 13.1. The number of imide groups is 1. The number of fused-ring (bicyclic) bond motifs is 5. The minimum atomic E-state index is -0.752. The molecule has 0 aliphatic carbocycles. The van der Waals surface area contributed by atoms with Crippen LogP contribution >= 0.6 is 23.2 Å². The first-order valence-corrected chi connectivity index (χ1v) is 8.72. The van der Waals surface area contributed by atoms with E-state index in [9.17, 15) is 14.7 Å². The third kappa shape index (κ3) is 2.02. The number of hydrogen-bond acceptors (Lipinski definition) is 4. The number of anilines is 1. The maximum absolute atomic E-state index is 13.1. The molecule has 1 aromatic rings. The Hall–Kier alpha value is -1.14. The second-order valence-electron chi connectivity index (χ2n) is 7.05. The van der Waals surface area contributed by atoms with Gasteiger partial charge >= 0.3 is 0 Å². The smallest absolute Gasteiger partial charge is 0.240 e. The lowest BCUT2D eigenvalue weighted by molar-refractivity contribution is -0.131. The van der Waals surface area contributed by atoms with Crippen LogP contribution < -0.4 is 4.90 Å². The van der Waals surface area contributed by atoms with Gasteiger partial charge in [0, 0.05) is 23.1 Å². The van der Waals surface area contributed by atoms with Gasteiger partial charge in [-0.25, -0.2) is 4.90 Å². The zero-order valence-electron chi connectivity index (χ0n) is 13.1. The van der Waals surface area contributed by atoms with Crippen molar-refractivity contribution in [3.63, 3.8) is 0 Å². The van der Waals surface area contributed by atoms with E-state index in [0.717, 1.165) is 0 Å². The van der Waals surface area contributed by atoms with Crippen molar-refractivity contribution in [1.82, 2.24) is 0 Å². The standard InChI is InChI=1S/C17H17Cl2NO4/c1-16-2-3-17(24-16,4-5-21)13-12(16)14(22)20(15(13)23)11-7-9(18)6-10(19)8-11/h6-8,12-13,21H,2-5H2,1H3. The average molecular weight is 370 g/mol. The van der Waals surface area contributed by atoms with Gasteiger partial charge in [0.05, 0.1) is 28.7 Å². The summed E-state index contributed by atoms with van der Waals surface area (Å²) < 4.78 is 6.15. The van der Waals surface area contributed by atoms with E-state index in [4.69, 9.17) is 27.9 Å². The molecule has 3 saturated heterocycles. The minimum absolute atomic E-state index is 0.0796. The number of rotatable bonds is 3. The molecule has 3 fully saturated rings. The molecule has 3 aliphatic rings. The molecule has 4 rings (SSSR count). The van der Waals surface area contributed by atoms with Crippen LogP contribution in [0.3, 0.4) is 0 Å². The number of aliphatic hydroxyl groups excluding tert-OH is 1. The summed E-state index contributed by atoms with van der Waals surface area (Å²) >= 11 is 12.1. The summed E-state index contributed by atoms with van der Waals surface area (Å²) in [5.41, 5.74) is -1.03. The first-order chi connectivity index (χ1) is 11.3. The van der Waals surface area contributed by atoms with Gasteiger partial charge in [0.2, 0.25) is 11.8 Å². The van der Waals surface area contributed by atoms with Gasteiger partial charge in [0.25, 0.3) is 0 Å². The molecule has 1 aromatic carbocycles. The lowest BCUT2D eigenvalue weighted by Crippen LogP contribution is -2.42. The van der Waals surface area contributed by atoms with Crippen LogP contribution in [0.25, 0.3) is 0 Å². The Kier molecular flexibility index (Phi) is 3.52. The summed E-state index contributed by atoms with van der Waals surface area (Å²) in [7, 11) is 0. The van der Waals surface area contributed by atoms with E-state index in [1.807, 2.05) is 6.92 Å². The molecule has 1 N–H and O–H groups in total. The van der Waals surface area contributed by atoms with Gasteiger partial charge in [-0.15, -0.1) is 0 Å². The van der Waals surface area contributed by atoms with Crippen molar-refractivity contribution in [2.75, 3.05) is 11.5 Å². The van der Waals surface area contributed by atoms with Crippen molar-refractivity contribution in [2.45, 2.75) is 37.4 Å². The molecule has 0 spiro atoms. The molecular formula is C17H17Cl2NO4. The quantitative estimate of drug-likeness (QED) is 0.831. The monoisotopic (exact) mass is 369 g/mol. The fourth-order valence-electron chi connectivity index (χ4n) is 4.72. The van der Waals surface area contributed by atoms with E-state index < -0.39 is 23.0 Å². The molecular weight excluding hydrogens is 353 g/mol. The van der Waals surface area contributed by atoms with Gasteiger partial charge in [-0.2, -0.15) is 0 Å². The lowest BCUT2D eigenvalue weighted by Gasteiger charge is -2.30. The van der Waals surface area contributed by atoms with Crippen molar-refractivity contribution in [3.8, 4) is 0 Å². The summed E-state index contributed by atoms with van der Waals surface area (Å²) in [6.07, 6.45) is 1.73. The van der Waals surface area contributed by atoms with E-state index in [-0.39, 0.29) is 18.4 Å². The average Bonchev–Trinajstić information content (AvgIpc) is 3.04. The topological polar surface area (TPSA) is 66.8 Å². The first-order valence-electron chi connectivity index (χ1n) is 7.96. The van der Waals surface area contributed by atoms with Gasteiger partial charge in [-0.3, -0.25) is 9.59 Å². The highest BCUT2D eigenvalue weighted by molar-refractivity contribution is 6.35. The molecule has 7 heteroatoms. The summed E-state index contributed by atoms with van der Waals surface area (Å²) in [6.45, 7) is 1.81. The van der Waals surface area contributed by atoms with Gasteiger partial charge in [0.15, 0.2) is 0 Å². The lowest BCUT2D eigenvalue weighted by atomic mass is 9.67. The first kappa shape index (κ1) is 16.3. The van der Waals surface area contributed by atoms with Crippen LogP contribution in [0.4, 0.5) is 5.69 Å². The molecule has 4 atom stereocenters. The molecule has 0 radical (unpaired) electrons. The van der Waals surface area contributed by atoms with E-state index in [0.29, 0.717) is 35.0 Å². The second-order valence-corrected chi connectivity index (χ2v) is 7.92. The Balaban J connectivity index is 1.79.